The molecule has 1 heterocycles. The molecule has 0 fully saturated rings. The zero-order chi connectivity index (χ0) is 16.7. The number of rotatable bonds is 7. The molecule has 2 aromatic rings. The lowest BCUT2D eigenvalue weighted by atomic mass is 10.2. The van der Waals surface area contributed by atoms with Gasteiger partial charge in [-0.1, -0.05) is 0 Å². The van der Waals surface area contributed by atoms with Crippen LogP contribution in [0.4, 0.5) is 5.69 Å². The topological polar surface area (TPSA) is 109 Å². The molecule has 120 valence electrons. The summed E-state index contributed by atoms with van der Waals surface area (Å²) < 4.78 is 5.12. The normalized spacial score (nSPS) is 10.1. The predicted molar refractivity (Wildman–Crippen MR) is 81.8 cm³/mol. The van der Waals surface area contributed by atoms with Crippen LogP contribution in [-0.4, -0.2) is 22.9 Å². The van der Waals surface area contributed by atoms with Gasteiger partial charge in [0.2, 0.25) is 5.91 Å². The summed E-state index contributed by atoms with van der Waals surface area (Å²) in [5.41, 5.74) is 0.947. The molecular weight excluding hydrogens is 300 g/mol. The second-order valence-electron chi connectivity index (χ2n) is 4.78. The Hall–Kier alpha value is -3.09. The highest BCUT2D eigenvalue weighted by molar-refractivity contribution is 5.96. The van der Waals surface area contributed by atoms with E-state index < -0.39 is 5.97 Å². The summed E-state index contributed by atoms with van der Waals surface area (Å²) >= 11 is 0. The van der Waals surface area contributed by atoms with E-state index in [1.54, 1.807) is 36.4 Å². The van der Waals surface area contributed by atoms with Gasteiger partial charge in [-0.2, -0.15) is 0 Å². The van der Waals surface area contributed by atoms with Crippen LogP contribution in [0.3, 0.4) is 0 Å². The second-order valence-corrected chi connectivity index (χ2v) is 4.78. The number of amides is 2. The molecule has 7 heteroatoms. The third kappa shape index (κ3) is 5.31. The van der Waals surface area contributed by atoms with E-state index in [1.807, 2.05) is 0 Å². The first-order valence-electron chi connectivity index (χ1n) is 6.97. The van der Waals surface area contributed by atoms with E-state index in [9.17, 15) is 14.4 Å². The molecule has 2 amide bonds. The van der Waals surface area contributed by atoms with Crippen LogP contribution >= 0.6 is 0 Å². The van der Waals surface area contributed by atoms with Gasteiger partial charge in [-0.15, -0.1) is 0 Å². The zero-order valence-electron chi connectivity index (χ0n) is 12.2. The fourth-order valence-electron chi connectivity index (χ4n) is 1.83. The summed E-state index contributed by atoms with van der Waals surface area (Å²) in [6.45, 7) is 0.291. The Morgan fingerprint density at radius 2 is 1.78 bits per heavy atom. The number of nitrogens with one attached hydrogen (secondary N) is 2. The van der Waals surface area contributed by atoms with Crippen molar-refractivity contribution in [1.29, 1.82) is 0 Å². The fraction of sp³-hybridized carbons (Fsp3) is 0.188. The molecule has 7 nitrogen and oxygen atoms in total. The predicted octanol–water partition coefficient (Wildman–Crippen LogP) is 2.01. The maximum atomic E-state index is 11.9. The summed E-state index contributed by atoms with van der Waals surface area (Å²) in [6.07, 6.45) is 1.21. The first-order chi connectivity index (χ1) is 11.0. The number of carboxylic acid groups (broad SMARTS) is 1. The number of hydrogen-bond acceptors (Lipinski definition) is 4. The van der Waals surface area contributed by atoms with Crippen molar-refractivity contribution in [3.05, 3.63) is 54.0 Å². The summed E-state index contributed by atoms with van der Waals surface area (Å²) in [4.78, 5) is 33.8. The van der Waals surface area contributed by atoms with Crippen LogP contribution < -0.4 is 10.6 Å². The second kappa shape index (κ2) is 7.79. The Balaban J connectivity index is 1.84. The lowest BCUT2D eigenvalue weighted by Crippen LogP contribution is -2.22. The van der Waals surface area contributed by atoms with E-state index in [1.165, 1.54) is 6.26 Å². The number of carbonyl (C=O) groups is 3. The molecule has 1 aromatic carbocycles. The van der Waals surface area contributed by atoms with E-state index in [-0.39, 0.29) is 24.7 Å². The third-order valence-electron chi connectivity index (χ3n) is 3.00. The van der Waals surface area contributed by atoms with E-state index in [0.29, 0.717) is 23.6 Å². The Labute approximate surface area is 132 Å². The van der Waals surface area contributed by atoms with Gasteiger partial charge in [0, 0.05) is 17.7 Å². The molecular formula is C16H16N2O5. The van der Waals surface area contributed by atoms with Crippen molar-refractivity contribution in [2.75, 3.05) is 5.32 Å². The van der Waals surface area contributed by atoms with Crippen molar-refractivity contribution in [1.82, 2.24) is 5.32 Å². The first kappa shape index (κ1) is 16.3. The van der Waals surface area contributed by atoms with Gasteiger partial charge in [-0.25, -0.2) is 0 Å². The van der Waals surface area contributed by atoms with Gasteiger partial charge in [0.05, 0.1) is 19.2 Å². The molecule has 0 saturated carbocycles. The number of carboxylic acids is 1. The highest BCUT2D eigenvalue weighted by atomic mass is 16.4. The van der Waals surface area contributed by atoms with E-state index >= 15 is 0 Å². The van der Waals surface area contributed by atoms with Crippen molar-refractivity contribution >= 4 is 23.5 Å². The van der Waals surface area contributed by atoms with Crippen molar-refractivity contribution in [3.8, 4) is 0 Å². The third-order valence-corrected chi connectivity index (χ3v) is 3.00. The van der Waals surface area contributed by atoms with Gasteiger partial charge in [0.25, 0.3) is 5.91 Å². The average molecular weight is 316 g/mol. The minimum absolute atomic E-state index is 0.0965. The minimum Gasteiger partial charge on any atom is -0.481 e. The molecule has 0 atom stereocenters. The number of hydrogen-bond donors (Lipinski definition) is 3. The number of anilines is 1. The molecule has 0 aliphatic carbocycles. The zero-order valence-corrected chi connectivity index (χ0v) is 12.2. The van der Waals surface area contributed by atoms with Gasteiger partial charge in [-0.3, -0.25) is 14.4 Å². The number of carbonyl (C=O) groups excluding carboxylic acids is 2. The molecule has 0 spiro atoms. The van der Waals surface area contributed by atoms with Crippen molar-refractivity contribution in [3.63, 3.8) is 0 Å². The fourth-order valence-corrected chi connectivity index (χ4v) is 1.83. The highest BCUT2D eigenvalue weighted by Gasteiger charge is 2.08. The summed E-state index contributed by atoms with van der Waals surface area (Å²) in [7, 11) is 0. The molecule has 1 aromatic heterocycles. The van der Waals surface area contributed by atoms with Crippen molar-refractivity contribution < 1.29 is 23.9 Å². The highest BCUT2D eigenvalue weighted by Crippen LogP contribution is 2.11. The van der Waals surface area contributed by atoms with Gasteiger partial charge >= 0.3 is 5.97 Å². The number of aliphatic carboxylic acids is 1. The van der Waals surface area contributed by atoms with Crippen LogP contribution in [0.1, 0.15) is 29.0 Å². The van der Waals surface area contributed by atoms with Crippen molar-refractivity contribution in [2.45, 2.75) is 19.4 Å². The van der Waals surface area contributed by atoms with Crippen LogP contribution in [0.15, 0.2) is 47.1 Å². The Morgan fingerprint density at radius 3 is 2.39 bits per heavy atom. The van der Waals surface area contributed by atoms with Crippen molar-refractivity contribution in [2.24, 2.45) is 0 Å². The molecule has 0 saturated heterocycles. The molecule has 0 radical (unpaired) electrons. The maximum absolute atomic E-state index is 11.9. The quantitative estimate of drug-likeness (QED) is 0.724. The molecule has 0 bridgehead atoms. The molecule has 0 aliphatic heterocycles. The van der Waals surface area contributed by atoms with Gasteiger partial charge in [0.15, 0.2) is 0 Å². The molecule has 23 heavy (non-hydrogen) atoms. The number of furan rings is 1. The smallest absolute Gasteiger partial charge is 0.303 e. The average Bonchev–Trinajstić information content (AvgIpc) is 3.05. The first-order valence-corrected chi connectivity index (χ1v) is 6.97. The molecule has 3 N–H and O–H groups in total. The largest absolute Gasteiger partial charge is 0.481 e. The standard InChI is InChI=1S/C16H16N2O5/c19-14(7-8-15(20)21)18-12-5-3-11(4-6-12)16(22)17-10-13-2-1-9-23-13/h1-6,9H,7-8,10H2,(H,17,22)(H,18,19)(H,20,21). The van der Waals surface area contributed by atoms with Crippen LogP contribution in [-0.2, 0) is 16.1 Å². The van der Waals surface area contributed by atoms with Gasteiger partial charge in [-0.05, 0) is 36.4 Å². The van der Waals surface area contributed by atoms with Gasteiger partial charge in [0.1, 0.15) is 5.76 Å². The summed E-state index contributed by atoms with van der Waals surface area (Å²) in [5, 5.41) is 13.8. The van der Waals surface area contributed by atoms with Crippen LogP contribution in [0.25, 0.3) is 0 Å². The Bertz CT molecular complexity index is 677. The van der Waals surface area contributed by atoms with Gasteiger partial charge < -0.3 is 20.2 Å². The Kier molecular flexibility index (Phi) is 5.51. The Morgan fingerprint density at radius 1 is 1.04 bits per heavy atom. The van der Waals surface area contributed by atoms with E-state index in [4.69, 9.17) is 9.52 Å². The van der Waals surface area contributed by atoms with Crippen LogP contribution in [0, 0.1) is 0 Å². The monoisotopic (exact) mass is 316 g/mol. The molecule has 0 aliphatic rings. The SMILES string of the molecule is O=C(O)CCC(=O)Nc1ccc(C(=O)NCc2ccco2)cc1. The molecule has 2 rings (SSSR count). The summed E-state index contributed by atoms with van der Waals surface area (Å²) in [6, 6.07) is 9.81. The minimum atomic E-state index is -1.02. The molecule has 0 unspecified atom stereocenters. The lowest BCUT2D eigenvalue weighted by molar-refractivity contribution is -0.138. The van der Waals surface area contributed by atoms with Crippen LogP contribution in [0.2, 0.25) is 0 Å². The van der Waals surface area contributed by atoms with E-state index in [2.05, 4.69) is 10.6 Å². The van der Waals surface area contributed by atoms with Crippen LogP contribution in [0.5, 0.6) is 0 Å². The maximum Gasteiger partial charge on any atom is 0.303 e. The summed E-state index contributed by atoms with van der Waals surface area (Å²) in [5.74, 6) is -1.02. The number of benzene rings is 1. The van der Waals surface area contributed by atoms with E-state index in [0.717, 1.165) is 0 Å². The lowest BCUT2D eigenvalue weighted by Gasteiger charge is -2.06.